The molecule has 2 rings (SSSR count). The van der Waals surface area contributed by atoms with Crippen molar-refractivity contribution < 1.29 is 13.3 Å². The maximum Gasteiger partial charge on any atom is 0.269 e. The van der Waals surface area contributed by atoms with Gasteiger partial charge >= 0.3 is 0 Å². The largest absolute Gasteiger partial charge is 0.269 e. The van der Waals surface area contributed by atoms with Gasteiger partial charge in [0.05, 0.1) is 9.82 Å². The van der Waals surface area contributed by atoms with Crippen molar-refractivity contribution in [2.24, 2.45) is 0 Å². The fourth-order valence-electron chi connectivity index (χ4n) is 2.54. The number of nitro benzene ring substituents is 1. The van der Waals surface area contributed by atoms with Gasteiger partial charge < -0.3 is 0 Å². The predicted octanol–water partition coefficient (Wildman–Crippen LogP) is 2.05. The van der Waals surface area contributed by atoms with Crippen molar-refractivity contribution in [3.05, 3.63) is 34.4 Å². The van der Waals surface area contributed by atoms with Gasteiger partial charge in [0.15, 0.2) is 0 Å². The van der Waals surface area contributed by atoms with E-state index in [2.05, 4.69) is 4.83 Å². The van der Waals surface area contributed by atoms with Crippen molar-refractivity contribution in [2.75, 3.05) is 0 Å². The van der Waals surface area contributed by atoms with Crippen LogP contribution in [0.15, 0.2) is 29.2 Å². The normalized spacial score (nSPS) is 23.9. The third kappa shape index (κ3) is 3.58. The number of piperidine rings is 1. The Balaban J connectivity index is 2.19. The van der Waals surface area contributed by atoms with Crippen molar-refractivity contribution in [3.8, 4) is 0 Å². The van der Waals surface area contributed by atoms with Crippen LogP contribution >= 0.6 is 0 Å². The quantitative estimate of drug-likeness (QED) is 0.678. The Bertz CT molecular complexity index is 605. The van der Waals surface area contributed by atoms with Crippen LogP contribution in [0.2, 0.25) is 0 Å². The summed E-state index contributed by atoms with van der Waals surface area (Å²) in [5.74, 6) is 0. The molecule has 1 fully saturated rings. The zero-order valence-electron chi connectivity index (χ0n) is 12.0. The minimum Gasteiger partial charge on any atom is -0.258 e. The fraction of sp³-hybridized carbons (Fsp3) is 0.538. The highest BCUT2D eigenvalue weighted by Crippen LogP contribution is 2.22. The van der Waals surface area contributed by atoms with Gasteiger partial charge in [-0.3, -0.25) is 10.1 Å². The maximum absolute atomic E-state index is 12.4. The third-order valence-corrected chi connectivity index (χ3v) is 5.12. The van der Waals surface area contributed by atoms with Crippen LogP contribution in [0.5, 0.6) is 0 Å². The topological polar surface area (TPSA) is 92.6 Å². The molecule has 0 unspecified atom stereocenters. The van der Waals surface area contributed by atoms with E-state index < -0.39 is 14.9 Å². The molecule has 1 aromatic rings. The molecule has 1 saturated heterocycles. The molecule has 1 heterocycles. The van der Waals surface area contributed by atoms with E-state index in [0.717, 1.165) is 19.3 Å². The van der Waals surface area contributed by atoms with E-state index in [0.29, 0.717) is 0 Å². The van der Waals surface area contributed by atoms with Gasteiger partial charge in [-0.2, -0.15) is 0 Å². The lowest BCUT2D eigenvalue weighted by molar-refractivity contribution is -0.384. The molecular weight excluding hydrogens is 294 g/mol. The van der Waals surface area contributed by atoms with Crippen molar-refractivity contribution in [1.29, 1.82) is 0 Å². The lowest BCUT2D eigenvalue weighted by atomic mass is 10.0. The highest BCUT2D eigenvalue weighted by Gasteiger charge is 2.29. The number of hydrazine groups is 1. The van der Waals surface area contributed by atoms with E-state index in [1.54, 1.807) is 5.01 Å². The maximum atomic E-state index is 12.4. The molecule has 1 N–H and O–H groups in total. The van der Waals surface area contributed by atoms with Crippen LogP contribution in [0.25, 0.3) is 0 Å². The molecule has 1 aliphatic heterocycles. The molecule has 7 nitrogen and oxygen atoms in total. The molecule has 8 heteroatoms. The summed E-state index contributed by atoms with van der Waals surface area (Å²) in [4.78, 5) is 12.7. The number of non-ortho nitro benzene ring substituents is 1. The number of hydrogen-bond donors (Lipinski definition) is 1. The first-order chi connectivity index (χ1) is 9.81. The number of nitrogens with one attached hydrogen (secondary N) is 1. The minimum absolute atomic E-state index is 0.0260. The molecule has 1 aliphatic rings. The van der Waals surface area contributed by atoms with Crippen LogP contribution in [0, 0.1) is 10.1 Å². The molecule has 0 radical (unpaired) electrons. The molecular formula is C13H19N3O4S. The van der Waals surface area contributed by atoms with Gasteiger partial charge in [0.1, 0.15) is 0 Å². The number of rotatable bonds is 4. The summed E-state index contributed by atoms with van der Waals surface area (Å²) in [5.41, 5.74) is -0.131. The van der Waals surface area contributed by atoms with Gasteiger partial charge in [0, 0.05) is 24.2 Å². The average molecular weight is 313 g/mol. The number of benzene rings is 1. The van der Waals surface area contributed by atoms with E-state index in [1.165, 1.54) is 24.3 Å². The van der Waals surface area contributed by atoms with Gasteiger partial charge in [0.25, 0.3) is 15.7 Å². The van der Waals surface area contributed by atoms with Crippen LogP contribution in [-0.4, -0.2) is 30.4 Å². The number of nitro groups is 1. The van der Waals surface area contributed by atoms with Crippen LogP contribution in [0.3, 0.4) is 0 Å². The van der Waals surface area contributed by atoms with Crippen LogP contribution in [0.1, 0.15) is 33.1 Å². The lowest BCUT2D eigenvalue weighted by Crippen LogP contribution is -2.53. The number of nitrogens with zero attached hydrogens (tertiary/aromatic N) is 2. The highest BCUT2D eigenvalue weighted by molar-refractivity contribution is 7.89. The van der Waals surface area contributed by atoms with E-state index in [9.17, 15) is 18.5 Å². The Labute approximate surface area is 124 Å². The summed E-state index contributed by atoms with van der Waals surface area (Å²) in [6.07, 6.45) is 2.96. The Hall–Kier alpha value is -1.51. The summed E-state index contributed by atoms with van der Waals surface area (Å²) in [7, 11) is -3.71. The number of sulfonamides is 1. The second-order valence-electron chi connectivity index (χ2n) is 5.38. The van der Waals surface area contributed by atoms with Crippen LogP contribution in [-0.2, 0) is 10.0 Å². The SMILES string of the molecule is C[C@@H]1CCC[C@H](C)N1NS(=O)(=O)c1ccc([N+](=O)[O-])cc1. The zero-order chi connectivity index (χ0) is 15.6. The van der Waals surface area contributed by atoms with Gasteiger partial charge in [-0.05, 0) is 38.8 Å². The second-order valence-corrected chi connectivity index (χ2v) is 7.04. The van der Waals surface area contributed by atoms with E-state index >= 15 is 0 Å². The summed E-state index contributed by atoms with van der Waals surface area (Å²) < 4.78 is 24.7. The Morgan fingerprint density at radius 2 is 1.71 bits per heavy atom. The number of hydrogen-bond acceptors (Lipinski definition) is 5. The molecule has 116 valence electrons. The van der Waals surface area contributed by atoms with Crippen LogP contribution in [0.4, 0.5) is 5.69 Å². The van der Waals surface area contributed by atoms with E-state index in [-0.39, 0.29) is 22.7 Å². The van der Waals surface area contributed by atoms with Crippen molar-refractivity contribution in [1.82, 2.24) is 9.84 Å². The Morgan fingerprint density at radius 1 is 1.19 bits per heavy atom. The molecule has 0 aliphatic carbocycles. The summed E-state index contributed by atoms with van der Waals surface area (Å²) in [5, 5.41) is 12.3. The fourth-order valence-corrected chi connectivity index (χ4v) is 3.78. The molecule has 2 atom stereocenters. The highest BCUT2D eigenvalue weighted by atomic mass is 32.2. The van der Waals surface area contributed by atoms with Gasteiger partial charge in [-0.15, -0.1) is 4.83 Å². The third-order valence-electron chi connectivity index (χ3n) is 3.78. The smallest absolute Gasteiger partial charge is 0.258 e. The summed E-state index contributed by atoms with van der Waals surface area (Å²) in [6, 6.07) is 5.14. The molecule has 0 saturated carbocycles. The average Bonchev–Trinajstić information content (AvgIpc) is 2.43. The van der Waals surface area contributed by atoms with Gasteiger partial charge in [-0.25, -0.2) is 13.4 Å². The molecule has 0 aromatic heterocycles. The predicted molar refractivity (Wildman–Crippen MR) is 78.0 cm³/mol. The Kier molecular flexibility index (Phi) is 4.60. The monoisotopic (exact) mass is 313 g/mol. The van der Waals surface area contributed by atoms with Crippen molar-refractivity contribution >= 4 is 15.7 Å². The van der Waals surface area contributed by atoms with E-state index in [4.69, 9.17) is 0 Å². The molecule has 0 bridgehead atoms. The summed E-state index contributed by atoms with van der Waals surface area (Å²) >= 11 is 0. The van der Waals surface area contributed by atoms with Crippen molar-refractivity contribution in [2.45, 2.75) is 50.1 Å². The van der Waals surface area contributed by atoms with Crippen molar-refractivity contribution in [3.63, 3.8) is 0 Å². The molecule has 1 aromatic carbocycles. The Morgan fingerprint density at radius 3 is 2.19 bits per heavy atom. The van der Waals surface area contributed by atoms with Gasteiger partial charge in [-0.1, -0.05) is 6.42 Å². The first-order valence-corrected chi connectivity index (χ1v) is 8.35. The van der Waals surface area contributed by atoms with Gasteiger partial charge in [0.2, 0.25) is 0 Å². The minimum atomic E-state index is -3.71. The zero-order valence-corrected chi connectivity index (χ0v) is 12.8. The second kappa shape index (κ2) is 6.08. The first-order valence-electron chi connectivity index (χ1n) is 6.86. The van der Waals surface area contributed by atoms with E-state index in [1.807, 2.05) is 13.8 Å². The van der Waals surface area contributed by atoms with Crippen LogP contribution < -0.4 is 4.83 Å². The first kappa shape index (κ1) is 15.9. The summed E-state index contributed by atoms with van der Waals surface area (Å²) in [6.45, 7) is 3.96. The standard InChI is InChI=1S/C13H19N3O4S/c1-10-4-3-5-11(2)15(10)14-21(19,20)13-8-6-12(7-9-13)16(17)18/h6-11,14H,3-5H2,1-2H3/t10-,11+. The molecule has 21 heavy (non-hydrogen) atoms. The molecule has 0 spiro atoms. The lowest BCUT2D eigenvalue weighted by Gasteiger charge is -2.38. The molecule has 0 amide bonds.